The van der Waals surface area contributed by atoms with Gasteiger partial charge in [-0.1, -0.05) is 11.6 Å². The second kappa shape index (κ2) is 11.0. The van der Waals surface area contributed by atoms with Gasteiger partial charge in [-0.05, 0) is 61.4 Å². The summed E-state index contributed by atoms with van der Waals surface area (Å²) in [6.45, 7) is 0.329. The molecule has 4 aromatic rings. The van der Waals surface area contributed by atoms with E-state index in [0.29, 0.717) is 46.8 Å². The third-order valence-corrected chi connectivity index (χ3v) is 7.12. The first-order chi connectivity index (χ1) is 19.2. The Morgan fingerprint density at radius 3 is 2.40 bits per heavy atom. The van der Waals surface area contributed by atoms with Gasteiger partial charge >= 0.3 is 0 Å². The van der Waals surface area contributed by atoms with Gasteiger partial charge in [0.2, 0.25) is 4.87 Å². The Kier molecular flexibility index (Phi) is 7.44. The molecule has 0 bridgehead atoms. The zero-order valence-electron chi connectivity index (χ0n) is 21.5. The predicted octanol–water partition coefficient (Wildman–Crippen LogP) is 6.07. The third-order valence-electron chi connectivity index (χ3n) is 6.60. The fourth-order valence-electron chi connectivity index (χ4n) is 4.53. The molecule has 1 aliphatic rings. The van der Waals surface area contributed by atoms with Crippen molar-refractivity contribution in [3.8, 4) is 23.0 Å². The summed E-state index contributed by atoms with van der Waals surface area (Å²) in [5.74, 6) is -1.46. The third kappa shape index (κ3) is 5.10. The average Bonchev–Trinajstić information content (AvgIpc) is 2.95. The number of amides is 2. The number of carbonyl (C=O) groups is 2. The molecule has 1 aliphatic heterocycles. The van der Waals surface area contributed by atoms with E-state index >= 15 is 4.39 Å². The van der Waals surface area contributed by atoms with Crippen LogP contribution in [0.15, 0.2) is 66.9 Å². The van der Waals surface area contributed by atoms with E-state index in [2.05, 4.69) is 10.3 Å². The van der Waals surface area contributed by atoms with Crippen LogP contribution in [0.3, 0.4) is 0 Å². The maximum Gasteiger partial charge on any atom is 0.257 e. The molecular weight excluding hydrogens is 544 g/mol. The van der Waals surface area contributed by atoms with Crippen molar-refractivity contribution in [2.75, 3.05) is 31.0 Å². The molecule has 1 saturated heterocycles. The highest BCUT2D eigenvalue weighted by molar-refractivity contribution is 6.49. The van der Waals surface area contributed by atoms with Crippen LogP contribution in [0.5, 0.6) is 23.0 Å². The fourth-order valence-corrected chi connectivity index (χ4v) is 4.81. The molecule has 2 heterocycles. The van der Waals surface area contributed by atoms with Crippen molar-refractivity contribution >= 4 is 45.7 Å². The standard InChI is InChI=1S/C29H24ClF2N3O5/c1-38-25-15-20-22(16-26(25)39-2)33-12-10-23(20)40-24-9-6-18(14-21(24)32)34-27(36)29(30)11-3-13-35(28(29)37)19-7-4-17(31)5-8-19/h4-10,12,14-16H,3,11,13H2,1-2H3,(H,34,36). The molecule has 0 saturated carbocycles. The van der Waals surface area contributed by atoms with Gasteiger partial charge in [0, 0.05) is 41.6 Å². The van der Waals surface area contributed by atoms with E-state index in [4.69, 9.17) is 25.8 Å². The Bertz CT molecular complexity index is 1600. The van der Waals surface area contributed by atoms with E-state index in [-0.39, 0.29) is 17.9 Å². The molecule has 40 heavy (non-hydrogen) atoms. The smallest absolute Gasteiger partial charge is 0.257 e. The van der Waals surface area contributed by atoms with Crippen molar-refractivity contribution in [1.29, 1.82) is 0 Å². The summed E-state index contributed by atoms with van der Waals surface area (Å²) in [7, 11) is 3.01. The second-order valence-electron chi connectivity index (χ2n) is 9.07. The minimum Gasteiger partial charge on any atom is -0.493 e. The van der Waals surface area contributed by atoms with Gasteiger partial charge < -0.3 is 24.4 Å². The molecule has 206 valence electrons. The lowest BCUT2D eigenvalue weighted by Gasteiger charge is -2.36. The number of ether oxygens (including phenoxy) is 3. The highest BCUT2D eigenvalue weighted by Crippen LogP contribution is 2.38. The number of nitrogens with one attached hydrogen (secondary N) is 1. The van der Waals surface area contributed by atoms with Gasteiger partial charge in [0.15, 0.2) is 23.1 Å². The molecular formula is C29H24ClF2N3O5. The van der Waals surface area contributed by atoms with E-state index in [0.717, 1.165) is 6.07 Å². The molecule has 1 atom stereocenters. The molecule has 8 nitrogen and oxygen atoms in total. The number of piperidine rings is 1. The van der Waals surface area contributed by atoms with Crippen LogP contribution in [0.25, 0.3) is 10.9 Å². The second-order valence-corrected chi connectivity index (χ2v) is 9.72. The Morgan fingerprint density at radius 2 is 1.70 bits per heavy atom. The summed E-state index contributed by atoms with van der Waals surface area (Å²) in [6, 6.07) is 14.2. The highest BCUT2D eigenvalue weighted by atomic mass is 35.5. The number of carbonyl (C=O) groups excluding carboxylic acids is 2. The van der Waals surface area contributed by atoms with E-state index in [9.17, 15) is 14.0 Å². The van der Waals surface area contributed by atoms with E-state index < -0.39 is 28.3 Å². The molecule has 5 rings (SSSR count). The van der Waals surface area contributed by atoms with Gasteiger partial charge in [-0.3, -0.25) is 14.6 Å². The van der Waals surface area contributed by atoms with Gasteiger partial charge in [0.25, 0.3) is 11.8 Å². The van der Waals surface area contributed by atoms with E-state index in [1.807, 2.05) is 0 Å². The Hall–Kier alpha value is -4.44. The topological polar surface area (TPSA) is 90.0 Å². The first kappa shape index (κ1) is 27.1. The number of anilines is 2. The lowest BCUT2D eigenvalue weighted by Crippen LogP contribution is -2.56. The number of rotatable bonds is 7. The number of methoxy groups -OCH3 is 2. The SMILES string of the molecule is COc1cc2nccc(Oc3ccc(NC(=O)C4(Cl)CCCN(c5ccc(F)cc5)C4=O)cc3F)c2cc1OC. The van der Waals surface area contributed by atoms with Crippen molar-refractivity contribution in [2.45, 2.75) is 17.7 Å². The lowest BCUT2D eigenvalue weighted by atomic mass is 9.94. The van der Waals surface area contributed by atoms with Crippen molar-refractivity contribution < 1.29 is 32.6 Å². The molecule has 2 amide bonds. The Morgan fingerprint density at radius 1 is 0.975 bits per heavy atom. The van der Waals surface area contributed by atoms with Crippen LogP contribution >= 0.6 is 11.6 Å². The zero-order chi connectivity index (χ0) is 28.4. The number of nitrogens with zero attached hydrogens (tertiary/aromatic N) is 2. The van der Waals surface area contributed by atoms with Crippen LogP contribution in [-0.4, -0.2) is 42.4 Å². The number of hydrogen-bond donors (Lipinski definition) is 1. The van der Waals surface area contributed by atoms with Gasteiger partial charge in [-0.25, -0.2) is 8.78 Å². The number of benzene rings is 3. The Balaban J connectivity index is 1.34. The quantitative estimate of drug-likeness (QED) is 0.215. The largest absolute Gasteiger partial charge is 0.493 e. The van der Waals surface area contributed by atoms with Crippen LogP contribution in [-0.2, 0) is 9.59 Å². The molecule has 3 aromatic carbocycles. The number of pyridine rings is 1. The number of alkyl halides is 1. The fraction of sp³-hybridized carbons (Fsp3) is 0.207. The maximum absolute atomic E-state index is 15.1. The number of halogens is 3. The monoisotopic (exact) mass is 567 g/mol. The van der Waals surface area contributed by atoms with Gasteiger partial charge in [0.05, 0.1) is 19.7 Å². The summed E-state index contributed by atoms with van der Waals surface area (Å²) < 4.78 is 44.9. The molecule has 0 spiro atoms. The number of hydrogen-bond acceptors (Lipinski definition) is 6. The van der Waals surface area contributed by atoms with Gasteiger partial charge in [-0.15, -0.1) is 0 Å². The summed E-state index contributed by atoms with van der Waals surface area (Å²) in [6.07, 6.45) is 2.05. The van der Waals surface area contributed by atoms with Crippen LogP contribution in [0.1, 0.15) is 12.8 Å². The minimum atomic E-state index is -1.91. The summed E-state index contributed by atoms with van der Waals surface area (Å²) >= 11 is 6.56. The molecule has 1 fully saturated rings. The van der Waals surface area contributed by atoms with Crippen molar-refractivity contribution in [2.24, 2.45) is 0 Å². The van der Waals surface area contributed by atoms with Crippen LogP contribution < -0.4 is 24.4 Å². The minimum absolute atomic E-state index is 0.0873. The number of aromatic nitrogens is 1. The maximum atomic E-state index is 15.1. The van der Waals surface area contributed by atoms with E-state index in [1.165, 1.54) is 61.7 Å². The first-order valence-corrected chi connectivity index (χ1v) is 12.7. The van der Waals surface area contributed by atoms with Crippen molar-refractivity contribution in [1.82, 2.24) is 4.98 Å². The van der Waals surface area contributed by atoms with Crippen LogP contribution in [0, 0.1) is 11.6 Å². The van der Waals surface area contributed by atoms with Gasteiger partial charge in [0.1, 0.15) is 11.6 Å². The highest BCUT2D eigenvalue weighted by Gasteiger charge is 2.49. The van der Waals surface area contributed by atoms with Gasteiger partial charge in [-0.2, -0.15) is 0 Å². The zero-order valence-corrected chi connectivity index (χ0v) is 22.3. The molecule has 0 aliphatic carbocycles. The molecule has 0 radical (unpaired) electrons. The summed E-state index contributed by atoms with van der Waals surface area (Å²) in [4.78, 5) is 30.1. The summed E-state index contributed by atoms with van der Waals surface area (Å²) in [5.41, 5.74) is 1.07. The Labute approximate surface area is 233 Å². The molecule has 1 aromatic heterocycles. The normalized spacial score (nSPS) is 17.0. The van der Waals surface area contributed by atoms with E-state index in [1.54, 1.807) is 18.2 Å². The number of fused-ring (bicyclic) bond motifs is 1. The van der Waals surface area contributed by atoms with Crippen molar-refractivity contribution in [3.05, 3.63) is 78.5 Å². The van der Waals surface area contributed by atoms with Crippen LogP contribution in [0.4, 0.5) is 20.2 Å². The van der Waals surface area contributed by atoms with Crippen molar-refractivity contribution in [3.63, 3.8) is 0 Å². The first-order valence-electron chi connectivity index (χ1n) is 12.3. The molecule has 1 N–H and O–H groups in total. The predicted molar refractivity (Wildman–Crippen MR) is 147 cm³/mol. The van der Waals surface area contributed by atoms with Crippen LogP contribution in [0.2, 0.25) is 0 Å². The molecule has 11 heteroatoms. The molecule has 1 unspecified atom stereocenters. The lowest BCUT2D eigenvalue weighted by molar-refractivity contribution is -0.130. The summed E-state index contributed by atoms with van der Waals surface area (Å²) in [5, 5.41) is 3.11. The average molecular weight is 568 g/mol.